The van der Waals surface area contributed by atoms with Gasteiger partial charge in [0.05, 0.1) is 6.54 Å². The second-order valence-electron chi connectivity index (χ2n) is 8.86. The number of aromatic nitrogens is 1. The fourth-order valence-electron chi connectivity index (χ4n) is 3.91. The first-order chi connectivity index (χ1) is 15.3. The summed E-state index contributed by atoms with van der Waals surface area (Å²) in [7, 11) is 0. The summed E-state index contributed by atoms with van der Waals surface area (Å²) in [5.41, 5.74) is 3.65. The third-order valence-corrected chi connectivity index (χ3v) is 6.51. The minimum atomic E-state index is 0.0211. The maximum atomic E-state index is 13.5. The molecule has 2 atom stereocenters. The van der Waals surface area contributed by atoms with Gasteiger partial charge < -0.3 is 14.4 Å². The van der Waals surface area contributed by atoms with Crippen molar-refractivity contribution in [2.45, 2.75) is 92.4 Å². The Balaban J connectivity index is 2.22. The Morgan fingerprint density at radius 2 is 1.56 bits per heavy atom. The highest BCUT2D eigenvalue weighted by Gasteiger charge is 2.26. The van der Waals surface area contributed by atoms with Gasteiger partial charge in [-0.15, -0.1) is 0 Å². The highest BCUT2D eigenvalue weighted by Crippen LogP contribution is 2.17. The number of amides is 2. The summed E-state index contributed by atoms with van der Waals surface area (Å²) in [5, 5.41) is 0. The maximum absolute atomic E-state index is 13.5. The second-order valence-corrected chi connectivity index (χ2v) is 8.86. The van der Waals surface area contributed by atoms with E-state index in [1.165, 1.54) is 11.1 Å². The molecular formula is C27H41N3O2. The van der Waals surface area contributed by atoms with E-state index < -0.39 is 0 Å². The van der Waals surface area contributed by atoms with Crippen LogP contribution < -0.4 is 0 Å². The van der Waals surface area contributed by atoms with E-state index in [1.807, 2.05) is 24.8 Å². The SMILES string of the molecule is CCCC(=O)N(CC(=O)N(Cc1cccn1Cc1ccccc1C)[C@@H](C)CC)[C@@H](C)CC. The number of aryl methyl sites for hydroxylation is 1. The molecule has 0 fully saturated rings. The van der Waals surface area contributed by atoms with Gasteiger partial charge in [-0.05, 0) is 63.3 Å². The molecule has 0 bridgehead atoms. The molecule has 2 rings (SSSR count). The number of carbonyl (C=O) groups excluding carboxylic acids is 2. The minimum absolute atomic E-state index is 0.0211. The average molecular weight is 440 g/mol. The zero-order valence-corrected chi connectivity index (χ0v) is 20.8. The molecule has 0 saturated carbocycles. The van der Waals surface area contributed by atoms with Crippen LogP contribution >= 0.6 is 0 Å². The van der Waals surface area contributed by atoms with Crippen molar-refractivity contribution in [1.29, 1.82) is 0 Å². The molecule has 1 heterocycles. The van der Waals surface area contributed by atoms with Crippen molar-refractivity contribution in [2.24, 2.45) is 0 Å². The van der Waals surface area contributed by atoms with Gasteiger partial charge in [-0.1, -0.05) is 45.0 Å². The van der Waals surface area contributed by atoms with Gasteiger partial charge in [-0.3, -0.25) is 9.59 Å². The van der Waals surface area contributed by atoms with Gasteiger partial charge in [0.15, 0.2) is 0 Å². The van der Waals surface area contributed by atoms with Crippen molar-refractivity contribution in [3.63, 3.8) is 0 Å². The first-order valence-corrected chi connectivity index (χ1v) is 12.1. The molecule has 0 aliphatic rings. The van der Waals surface area contributed by atoms with Gasteiger partial charge in [-0.25, -0.2) is 0 Å². The molecule has 1 aromatic heterocycles. The van der Waals surface area contributed by atoms with Crippen LogP contribution in [0.5, 0.6) is 0 Å². The van der Waals surface area contributed by atoms with E-state index in [-0.39, 0.29) is 30.4 Å². The molecule has 5 nitrogen and oxygen atoms in total. The normalized spacial score (nSPS) is 12.9. The van der Waals surface area contributed by atoms with Gasteiger partial charge >= 0.3 is 0 Å². The van der Waals surface area contributed by atoms with Gasteiger partial charge in [0, 0.05) is 36.9 Å². The Hall–Kier alpha value is -2.56. The van der Waals surface area contributed by atoms with Gasteiger partial charge in [0.25, 0.3) is 0 Å². The Morgan fingerprint density at radius 3 is 2.19 bits per heavy atom. The van der Waals surface area contributed by atoms with E-state index >= 15 is 0 Å². The largest absolute Gasteiger partial charge is 0.345 e. The summed E-state index contributed by atoms with van der Waals surface area (Å²) >= 11 is 0. The molecule has 0 N–H and O–H groups in total. The van der Waals surface area contributed by atoms with E-state index in [2.05, 4.69) is 68.8 Å². The zero-order chi connectivity index (χ0) is 23.7. The molecule has 0 saturated heterocycles. The van der Waals surface area contributed by atoms with Crippen LogP contribution in [0.3, 0.4) is 0 Å². The van der Waals surface area contributed by atoms with Crippen molar-refractivity contribution in [3.8, 4) is 0 Å². The third kappa shape index (κ3) is 6.72. The van der Waals surface area contributed by atoms with Crippen LogP contribution in [0, 0.1) is 6.92 Å². The molecule has 5 heteroatoms. The lowest BCUT2D eigenvalue weighted by molar-refractivity contribution is -0.144. The summed E-state index contributed by atoms with van der Waals surface area (Å²) in [5.74, 6) is 0.0926. The van der Waals surface area contributed by atoms with E-state index in [4.69, 9.17) is 0 Å². The summed E-state index contributed by atoms with van der Waals surface area (Å²) in [6, 6.07) is 12.7. The van der Waals surface area contributed by atoms with Gasteiger partial charge in [-0.2, -0.15) is 0 Å². The van der Waals surface area contributed by atoms with Crippen LogP contribution in [0.2, 0.25) is 0 Å². The Bertz CT molecular complexity index is 873. The zero-order valence-electron chi connectivity index (χ0n) is 20.8. The molecular weight excluding hydrogens is 398 g/mol. The summed E-state index contributed by atoms with van der Waals surface area (Å²) in [6.45, 7) is 13.9. The summed E-state index contributed by atoms with van der Waals surface area (Å²) in [4.78, 5) is 29.9. The topological polar surface area (TPSA) is 45.6 Å². The highest BCUT2D eigenvalue weighted by atomic mass is 16.2. The van der Waals surface area contributed by atoms with Crippen LogP contribution in [-0.4, -0.2) is 44.8 Å². The Morgan fingerprint density at radius 1 is 0.906 bits per heavy atom. The lowest BCUT2D eigenvalue weighted by Gasteiger charge is -2.34. The number of hydrogen-bond acceptors (Lipinski definition) is 2. The second kappa shape index (κ2) is 12.5. The smallest absolute Gasteiger partial charge is 0.242 e. The lowest BCUT2D eigenvalue weighted by Crippen LogP contribution is -2.48. The van der Waals surface area contributed by atoms with Crippen molar-refractivity contribution in [2.75, 3.05) is 6.54 Å². The number of rotatable bonds is 12. The molecule has 1 aromatic carbocycles. The summed E-state index contributed by atoms with van der Waals surface area (Å²) in [6.07, 6.45) is 5.07. The van der Waals surface area contributed by atoms with E-state index in [0.717, 1.165) is 31.5 Å². The molecule has 2 aromatic rings. The van der Waals surface area contributed by atoms with Crippen molar-refractivity contribution >= 4 is 11.8 Å². The van der Waals surface area contributed by atoms with Crippen molar-refractivity contribution in [3.05, 3.63) is 59.4 Å². The number of benzene rings is 1. The quantitative estimate of drug-likeness (QED) is 0.444. The Kier molecular flexibility index (Phi) is 10.0. The number of carbonyl (C=O) groups is 2. The fourth-order valence-corrected chi connectivity index (χ4v) is 3.91. The third-order valence-electron chi connectivity index (χ3n) is 6.51. The van der Waals surface area contributed by atoms with E-state index in [1.54, 1.807) is 4.90 Å². The lowest BCUT2D eigenvalue weighted by atomic mass is 10.1. The minimum Gasteiger partial charge on any atom is -0.345 e. The van der Waals surface area contributed by atoms with Crippen LogP contribution in [-0.2, 0) is 22.7 Å². The fraction of sp³-hybridized carbons (Fsp3) is 0.556. The van der Waals surface area contributed by atoms with Gasteiger partial charge in [0.1, 0.15) is 6.54 Å². The van der Waals surface area contributed by atoms with Crippen LogP contribution in [0.25, 0.3) is 0 Å². The molecule has 0 spiro atoms. The molecule has 0 unspecified atom stereocenters. The maximum Gasteiger partial charge on any atom is 0.242 e. The van der Waals surface area contributed by atoms with Crippen molar-refractivity contribution in [1.82, 2.24) is 14.4 Å². The predicted octanol–water partition coefficient (Wildman–Crippen LogP) is 5.40. The summed E-state index contributed by atoms with van der Waals surface area (Å²) < 4.78 is 2.22. The first kappa shape index (κ1) is 25.7. The number of nitrogens with zero attached hydrogens (tertiary/aromatic N) is 3. The first-order valence-electron chi connectivity index (χ1n) is 12.1. The van der Waals surface area contributed by atoms with Crippen LogP contribution in [0.4, 0.5) is 0 Å². The molecule has 2 amide bonds. The van der Waals surface area contributed by atoms with Gasteiger partial charge in [0.2, 0.25) is 11.8 Å². The Labute approximate surface area is 194 Å². The monoisotopic (exact) mass is 439 g/mol. The van der Waals surface area contributed by atoms with Crippen molar-refractivity contribution < 1.29 is 9.59 Å². The molecule has 0 aliphatic carbocycles. The van der Waals surface area contributed by atoms with E-state index in [9.17, 15) is 9.59 Å². The number of hydrogen-bond donors (Lipinski definition) is 0. The highest BCUT2D eigenvalue weighted by molar-refractivity contribution is 5.85. The molecule has 0 aliphatic heterocycles. The van der Waals surface area contributed by atoms with E-state index in [0.29, 0.717) is 13.0 Å². The molecule has 176 valence electrons. The molecule has 0 radical (unpaired) electrons. The standard InChI is InChI=1S/C27H41N3O2/c1-7-13-26(31)30(23(6)9-3)20-27(32)29(22(5)8-2)19-25-16-12-17-28(25)18-24-15-11-10-14-21(24)4/h10-12,14-17,22-23H,7-9,13,18-20H2,1-6H3/t22-,23-/m0/s1. The van der Waals surface area contributed by atoms with Crippen LogP contribution in [0.15, 0.2) is 42.6 Å². The van der Waals surface area contributed by atoms with Crippen LogP contribution in [0.1, 0.15) is 77.1 Å². The molecule has 32 heavy (non-hydrogen) atoms. The average Bonchev–Trinajstić information content (AvgIpc) is 3.22. The predicted molar refractivity (Wildman–Crippen MR) is 131 cm³/mol.